The summed E-state index contributed by atoms with van der Waals surface area (Å²) in [5.74, 6) is 1.43. The van der Waals surface area contributed by atoms with E-state index in [0.717, 1.165) is 5.56 Å². The zero-order valence-electron chi connectivity index (χ0n) is 14.8. The molecule has 138 valence electrons. The van der Waals surface area contributed by atoms with Gasteiger partial charge in [0.1, 0.15) is 11.6 Å². The van der Waals surface area contributed by atoms with Crippen molar-refractivity contribution in [3.8, 4) is 28.6 Å². The van der Waals surface area contributed by atoms with E-state index in [-0.39, 0.29) is 12.5 Å². The van der Waals surface area contributed by atoms with Gasteiger partial charge in [-0.2, -0.15) is 4.98 Å². The molecule has 0 saturated heterocycles. The van der Waals surface area contributed by atoms with Gasteiger partial charge in [0.25, 0.3) is 11.8 Å². The Kier molecular flexibility index (Phi) is 5.06. The highest BCUT2D eigenvalue weighted by atomic mass is 16.5. The molecule has 28 heavy (non-hydrogen) atoms. The Morgan fingerprint density at radius 2 is 1.75 bits per heavy atom. The van der Waals surface area contributed by atoms with E-state index >= 15 is 0 Å². The van der Waals surface area contributed by atoms with Crippen molar-refractivity contribution in [1.29, 1.82) is 0 Å². The predicted octanol–water partition coefficient (Wildman–Crippen LogP) is 3.82. The Morgan fingerprint density at radius 3 is 2.57 bits per heavy atom. The van der Waals surface area contributed by atoms with Crippen molar-refractivity contribution in [1.82, 2.24) is 15.1 Å². The van der Waals surface area contributed by atoms with E-state index < -0.39 is 0 Å². The molecule has 4 aromatic rings. The maximum Gasteiger partial charge on any atom is 0.263 e. The number of carbonyl (C=O) groups excluding carboxylic acids is 1. The van der Waals surface area contributed by atoms with Crippen LogP contribution >= 0.6 is 0 Å². The van der Waals surface area contributed by atoms with Gasteiger partial charge < -0.3 is 14.6 Å². The van der Waals surface area contributed by atoms with Crippen molar-refractivity contribution < 1.29 is 14.1 Å². The highest BCUT2D eigenvalue weighted by molar-refractivity contribution is 5.91. The Hall–Kier alpha value is -4.00. The average Bonchev–Trinajstić information content (AvgIpc) is 3.24. The van der Waals surface area contributed by atoms with Gasteiger partial charge in [-0.1, -0.05) is 53.7 Å². The van der Waals surface area contributed by atoms with Crippen LogP contribution in [0.3, 0.4) is 0 Å². The number of nitrogens with zero attached hydrogens (tertiary/aromatic N) is 3. The molecule has 0 radical (unpaired) electrons. The SMILES string of the molecule is O=C(COc1ccccc1-c1nc(-c2ccccc2)no1)Nc1ccccn1. The maximum atomic E-state index is 12.1. The third-order valence-corrected chi connectivity index (χ3v) is 3.87. The summed E-state index contributed by atoms with van der Waals surface area (Å²) in [7, 11) is 0. The number of pyridine rings is 1. The molecule has 0 spiro atoms. The van der Waals surface area contributed by atoms with Crippen molar-refractivity contribution in [2.24, 2.45) is 0 Å². The lowest BCUT2D eigenvalue weighted by atomic mass is 10.2. The largest absolute Gasteiger partial charge is 0.483 e. The van der Waals surface area contributed by atoms with Gasteiger partial charge in [0, 0.05) is 11.8 Å². The van der Waals surface area contributed by atoms with Crippen molar-refractivity contribution in [2.75, 3.05) is 11.9 Å². The first-order valence-corrected chi connectivity index (χ1v) is 8.62. The summed E-state index contributed by atoms with van der Waals surface area (Å²) < 4.78 is 11.1. The van der Waals surface area contributed by atoms with Crippen LogP contribution in [-0.2, 0) is 4.79 Å². The Morgan fingerprint density at radius 1 is 0.964 bits per heavy atom. The number of carbonyl (C=O) groups is 1. The molecule has 2 aromatic carbocycles. The molecule has 0 saturated carbocycles. The summed E-state index contributed by atoms with van der Waals surface area (Å²) >= 11 is 0. The minimum absolute atomic E-state index is 0.173. The van der Waals surface area contributed by atoms with Crippen LogP contribution in [0.1, 0.15) is 0 Å². The molecule has 0 aliphatic rings. The highest BCUT2D eigenvalue weighted by Crippen LogP contribution is 2.30. The van der Waals surface area contributed by atoms with Crippen LogP contribution in [0, 0.1) is 0 Å². The van der Waals surface area contributed by atoms with Crippen LogP contribution < -0.4 is 10.1 Å². The van der Waals surface area contributed by atoms with Gasteiger partial charge in [-0.3, -0.25) is 4.79 Å². The number of hydrogen-bond acceptors (Lipinski definition) is 6. The van der Waals surface area contributed by atoms with Crippen LogP contribution in [0.25, 0.3) is 22.8 Å². The molecule has 0 bridgehead atoms. The average molecular weight is 372 g/mol. The lowest BCUT2D eigenvalue weighted by molar-refractivity contribution is -0.118. The number of benzene rings is 2. The Bertz CT molecular complexity index is 1070. The second-order valence-corrected chi connectivity index (χ2v) is 5.84. The van der Waals surface area contributed by atoms with E-state index in [0.29, 0.717) is 28.8 Å². The van der Waals surface area contributed by atoms with Crippen LogP contribution in [0.15, 0.2) is 83.5 Å². The minimum atomic E-state index is -0.316. The summed E-state index contributed by atoms with van der Waals surface area (Å²) in [5.41, 5.74) is 1.47. The topological polar surface area (TPSA) is 90.1 Å². The number of anilines is 1. The maximum absolute atomic E-state index is 12.1. The molecule has 0 aliphatic heterocycles. The molecular weight excluding hydrogens is 356 g/mol. The molecule has 0 unspecified atom stereocenters. The van der Waals surface area contributed by atoms with Crippen molar-refractivity contribution >= 4 is 11.7 Å². The zero-order chi connectivity index (χ0) is 19.2. The molecular formula is C21H16N4O3. The van der Waals surface area contributed by atoms with Gasteiger partial charge in [0.15, 0.2) is 6.61 Å². The summed E-state index contributed by atoms with van der Waals surface area (Å²) in [6.45, 7) is -0.173. The fourth-order valence-corrected chi connectivity index (χ4v) is 2.57. The van der Waals surface area contributed by atoms with Crippen LogP contribution in [0.2, 0.25) is 0 Å². The molecule has 7 heteroatoms. The number of rotatable bonds is 6. The highest BCUT2D eigenvalue weighted by Gasteiger charge is 2.15. The lowest BCUT2D eigenvalue weighted by Gasteiger charge is -2.09. The van der Waals surface area contributed by atoms with E-state index in [1.165, 1.54) is 0 Å². The van der Waals surface area contributed by atoms with E-state index in [4.69, 9.17) is 9.26 Å². The number of hydrogen-bond donors (Lipinski definition) is 1. The molecule has 0 aliphatic carbocycles. The predicted molar refractivity (Wildman–Crippen MR) is 104 cm³/mol. The number of ether oxygens (including phenoxy) is 1. The first-order valence-electron chi connectivity index (χ1n) is 8.62. The molecule has 2 heterocycles. The van der Waals surface area contributed by atoms with Gasteiger partial charge in [0.2, 0.25) is 5.82 Å². The Balaban J connectivity index is 1.48. The monoisotopic (exact) mass is 372 g/mol. The zero-order valence-corrected chi connectivity index (χ0v) is 14.8. The van der Waals surface area contributed by atoms with Crippen LogP contribution in [-0.4, -0.2) is 27.6 Å². The summed E-state index contributed by atoms with van der Waals surface area (Å²) in [6.07, 6.45) is 1.60. The number of amides is 1. The summed E-state index contributed by atoms with van der Waals surface area (Å²) in [6, 6.07) is 22.0. The van der Waals surface area contributed by atoms with Gasteiger partial charge in [0.05, 0.1) is 5.56 Å². The van der Waals surface area contributed by atoms with Gasteiger partial charge in [-0.05, 0) is 24.3 Å². The second-order valence-electron chi connectivity index (χ2n) is 5.84. The fourth-order valence-electron chi connectivity index (χ4n) is 2.57. The molecule has 2 aromatic heterocycles. The third kappa shape index (κ3) is 4.04. The quantitative estimate of drug-likeness (QED) is 0.553. The third-order valence-electron chi connectivity index (χ3n) is 3.87. The smallest absolute Gasteiger partial charge is 0.263 e. The van der Waals surface area contributed by atoms with Gasteiger partial charge in [-0.15, -0.1) is 0 Å². The summed E-state index contributed by atoms with van der Waals surface area (Å²) in [5, 5.41) is 6.70. The van der Waals surface area contributed by atoms with E-state index in [9.17, 15) is 4.79 Å². The van der Waals surface area contributed by atoms with E-state index in [1.807, 2.05) is 42.5 Å². The van der Waals surface area contributed by atoms with Crippen LogP contribution in [0.4, 0.5) is 5.82 Å². The van der Waals surface area contributed by atoms with Crippen molar-refractivity contribution in [2.45, 2.75) is 0 Å². The van der Waals surface area contributed by atoms with E-state index in [2.05, 4.69) is 20.4 Å². The number of nitrogens with one attached hydrogen (secondary N) is 1. The number of aromatic nitrogens is 3. The summed E-state index contributed by atoms with van der Waals surface area (Å²) in [4.78, 5) is 20.6. The molecule has 0 atom stereocenters. The number of para-hydroxylation sites is 1. The van der Waals surface area contributed by atoms with Gasteiger partial charge in [-0.25, -0.2) is 4.98 Å². The lowest BCUT2D eigenvalue weighted by Crippen LogP contribution is -2.20. The normalized spacial score (nSPS) is 10.4. The van der Waals surface area contributed by atoms with Crippen LogP contribution in [0.5, 0.6) is 5.75 Å². The first-order chi connectivity index (χ1) is 13.8. The van der Waals surface area contributed by atoms with E-state index in [1.54, 1.807) is 36.5 Å². The molecule has 0 fully saturated rings. The second kappa shape index (κ2) is 8.13. The molecule has 7 nitrogen and oxygen atoms in total. The molecule has 1 N–H and O–H groups in total. The van der Waals surface area contributed by atoms with Gasteiger partial charge >= 0.3 is 0 Å². The molecule has 1 amide bonds. The first kappa shape index (κ1) is 17.4. The Labute approximate surface area is 161 Å². The van der Waals surface area contributed by atoms with Crippen molar-refractivity contribution in [3.63, 3.8) is 0 Å². The fraction of sp³-hybridized carbons (Fsp3) is 0.0476. The van der Waals surface area contributed by atoms with Crippen molar-refractivity contribution in [3.05, 3.63) is 79.0 Å². The molecule has 4 rings (SSSR count). The standard InChI is InChI=1S/C21H16N4O3/c26-19(23-18-12-6-7-13-22-18)14-27-17-11-5-4-10-16(17)21-24-20(25-28-21)15-8-2-1-3-9-15/h1-13H,14H2,(H,22,23,26). The minimum Gasteiger partial charge on any atom is -0.483 e.